The van der Waals surface area contributed by atoms with Crippen LogP contribution in [-0.2, 0) is 20.6 Å². The number of methoxy groups -OCH3 is 4. The molecule has 1 aromatic rings. The van der Waals surface area contributed by atoms with Gasteiger partial charge in [-0.25, -0.2) is 0 Å². The summed E-state index contributed by atoms with van der Waals surface area (Å²) in [6, 6.07) is 8.00. The van der Waals surface area contributed by atoms with Crippen LogP contribution in [-0.4, -0.2) is 34.2 Å². The molecule has 1 unspecified atom stereocenters. The molecular weight excluding hydrogens is 268 g/mol. The van der Waals surface area contributed by atoms with Crippen LogP contribution < -0.4 is 4.74 Å². The SMILES string of the molecule is COC1=CC(OC)(OC)C=CC1Cc1ccccc1OC. The van der Waals surface area contributed by atoms with E-state index in [4.69, 9.17) is 18.9 Å². The molecule has 1 aliphatic rings. The Morgan fingerprint density at radius 1 is 1.00 bits per heavy atom. The lowest BCUT2D eigenvalue weighted by Crippen LogP contribution is -2.33. The van der Waals surface area contributed by atoms with E-state index in [1.807, 2.05) is 30.4 Å². The number of benzene rings is 1. The van der Waals surface area contributed by atoms with Crippen molar-refractivity contribution in [2.45, 2.75) is 12.2 Å². The highest BCUT2D eigenvalue weighted by atomic mass is 16.7. The first kappa shape index (κ1) is 15.6. The van der Waals surface area contributed by atoms with Crippen LogP contribution in [0.5, 0.6) is 5.75 Å². The minimum atomic E-state index is -0.845. The predicted molar refractivity (Wildman–Crippen MR) is 81.2 cm³/mol. The number of allylic oxidation sites excluding steroid dienone is 1. The third-order valence-corrected chi connectivity index (χ3v) is 3.78. The summed E-state index contributed by atoms with van der Waals surface area (Å²) in [6.45, 7) is 0. The largest absolute Gasteiger partial charge is 0.501 e. The van der Waals surface area contributed by atoms with Gasteiger partial charge < -0.3 is 18.9 Å². The van der Waals surface area contributed by atoms with E-state index in [1.54, 1.807) is 28.4 Å². The van der Waals surface area contributed by atoms with Crippen LogP contribution >= 0.6 is 0 Å². The molecule has 0 saturated carbocycles. The summed E-state index contributed by atoms with van der Waals surface area (Å²) in [5.74, 6) is 0.997. The van der Waals surface area contributed by atoms with Crippen molar-refractivity contribution in [1.82, 2.24) is 0 Å². The summed E-state index contributed by atoms with van der Waals surface area (Å²) in [6.07, 6.45) is 6.63. The van der Waals surface area contributed by atoms with Crippen LogP contribution in [0, 0.1) is 5.92 Å². The van der Waals surface area contributed by atoms with E-state index in [0.29, 0.717) is 0 Å². The third-order valence-electron chi connectivity index (χ3n) is 3.78. The van der Waals surface area contributed by atoms with Crippen LogP contribution in [0.3, 0.4) is 0 Å². The second-order valence-corrected chi connectivity index (χ2v) is 4.86. The second-order valence-electron chi connectivity index (χ2n) is 4.86. The van der Waals surface area contributed by atoms with E-state index in [1.165, 1.54) is 0 Å². The van der Waals surface area contributed by atoms with Gasteiger partial charge in [-0.1, -0.05) is 24.3 Å². The quantitative estimate of drug-likeness (QED) is 0.596. The van der Waals surface area contributed by atoms with Crippen molar-refractivity contribution in [2.24, 2.45) is 5.92 Å². The molecule has 0 heterocycles. The Bertz CT molecular complexity index is 529. The fourth-order valence-electron chi connectivity index (χ4n) is 2.52. The highest BCUT2D eigenvalue weighted by molar-refractivity contribution is 5.36. The van der Waals surface area contributed by atoms with Crippen molar-refractivity contribution in [1.29, 1.82) is 0 Å². The summed E-state index contributed by atoms with van der Waals surface area (Å²) in [4.78, 5) is 0. The third kappa shape index (κ3) is 3.28. The van der Waals surface area contributed by atoms with Crippen molar-refractivity contribution in [2.75, 3.05) is 28.4 Å². The average molecular weight is 290 g/mol. The minimum absolute atomic E-state index is 0.129. The maximum atomic E-state index is 5.52. The smallest absolute Gasteiger partial charge is 0.211 e. The van der Waals surface area contributed by atoms with E-state index in [9.17, 15) is 0 Å². The Kier molecular flexibility index (Phi) is 5.04. The fourth-order valence-corrected chi connectivity index (χ4v) is 2.52. The molecule has 0 radical (unpaired) electrons. The molecule has 0 amide bonds. The lowest BCUT2D eigenvalue weighted by atomic mass is 9.91. The van der Waals surface area contributed by atoms with Crippen molar-refractivity contribution in [3.63, 3.8) is 0 Å². The maximum Gasteiger partial charge on any atom is 0.211 e. The molecule has 1 atom stereocenters. The summed E-state index contributed by atoms with van der Waals surface area (Å²) in [5, 5.41) is 0. The van der Waals surface area contributed by atoms with Gasteiger partial charge in [0, 0.05) is 26.2 Å². The molecule has 1 aromatic carbocycles. The van der Waals surface area contributed by atoms with E-state index in [-0.39, 0.29) is 5.92 Å². The van der Waals surface area contributed by atoms with Crippen LogP contribution in [0.25, 0.3) is 0 Å². The topological polar surface area (TPSA) is 36.9 Å². The predicted octanol–water partition coefficient (Wildman–Crippen LogP) is 2.94. The van der Waals surface area contributed by atoms with Gasteiger partial charge >= 0.3 is 0 Å². The molecule has 0 aromatic heterocycles. The summed E-state index contributed by atoms with van der Waals surface area (Å²) in [5.41, 5.74) is 1.14. The number of hydrogen-bond donors (Lipinski definition) is 0. The van der Waals surface area contributed by atoms with Crippen molar-refractivity contribution in [3.05, 3.63) is 53.8 Å². The summed E-state index contributed by atoms with van der Waals surface area (Å²) < 4.78 is 21.7. The number of ether oxygens (including phenoxy) is 4. The zero-order valence-corrected chi connectivity index (χ0v) is 13.0. The standard InChI is InChI=1S/C17H22O4/c1-18-15-8-6-5-7-13(15)11-14-9-10-17(20-3,21-4)12-16(14)19-2/h5-10,12,14H,11H2,1-4H3. The molecule has 0 bridgehead atoms. The van der Waals surface area contributed by atoms with E-state index >= 15 is 0 Å². The van der Waals surface area contributed by atoms with Gasteiger partial charge in [0.25, 0.3) is 0 Å². The molecule has 21 heavy (non-hydrogen) atoms. The number of rotatable bonds is 6. The van der Waals surface area contributed by atoms with E-state index in [0.717, 1.165) is 23.5 Å². The Morgan fingerprint density at radius 3 is 2.33 bits per heavy atom. The highest BCUT2D eigenvalue weighted by Crippen LogP contribution is 2.32. The Balaban J connectivity index is 2.24. The fraction of sp³-hybridized carbons (Fsp3) is 0.412. The Labute approximate surface area is 126 Å². The molecule has 0 saturated heterocycles. The maximum absolute atomic E-state index is 5.52. The van der Waals surface area contributed by atoms with E-state index in [2.05, 4.69) is 12.1 Å². The zero-order chi connectivity index (χ0) is 15.3. The average Bonchev–Trinajstić information content (AvgIpc) is 2.56. The molecular formula is C17H22O4. The van der Waals surface area contributed by atoms with Gasteiger partial charge in [-0.15, -0.1) is 0 Å². The van der Waals surface area contributed by atoms with Gasteiger partial charge in [0.05, 0.1) is 14.2 Å². The van der Waals surface area contributed by atoms with Crippen LogP contribution in [0.4, 0.5) is 0 Å². The van der Waals surface area contributed by atoms with Gasteiger partial charge in [0.15, 0.2) is 0 Å². The molecule has 1 aliphatic carbocycles. The van der Waals surface area contributed by atoms with Crippen molar-refractivity contribution in [3.8, 4) is 5.75 Å². The monoisotopic (exact) mass is 290 g/mol. The minimum Gasteiger partial charge on any atom is -0.501 e. The molecule has 0 fully saturated rings. The molecule has 2 rings (SSSR count). The Morgan fingerprint density at radius 2 is 1.71 bits per heavy atom. The Hall–Kier alpha value is -1.78. The normalized spacial score (nSPS) is 20.0. The first-order chi connectivity index (χ1) is 10.2. The van der Waals surface area contributed by atoms with Gasteiger partial charge in [-0.2, -0.15) is 0 Å². The number of hydrogen-bond acceptors (Lipinski definition) is 4. The van der Waals surface area contributed by atoms with Crippen LogP contribution in [0.15, 0.2) is 48.3 Å². The molecule has 4 heteroatoms. The highest BCUT2D eigenvalue weighted by Gasteiger charge is 2.31. The van der Waals surface area contributed by atoms with Crippen molar-refractivity contribution >= 4 is 0 Å². The molecule has 0 aliphatic heterocycles. The molecule has 4 nitrogen and oxygen atoms in total. The van der Waals surface area contributed by atoms with Gasteiger partial charge in [0.1, 0.15) is 11.5 Å². The zero-order valence-electron chi connectivity index (χ0n) is 13.0. The van der Waals surface area contributed by atoms with Crippen LogP contribution in [0.1, 0.15) is 5.56 Å². The summed E-state index contributed by atoms with van der Waals surface area (Å²) in [7, 11) is 6.57. The summed E-state index contributed by atoms with van der Waals surface area (Å²) >= 11 is 0. The first-order valence-corrected chi connectivity index (χ1v) is 6.86. The lowest BCUT2D eigenvalue weighted by Gasteiger charge is -2.31. The lowest BCUT2D eigenvalue weighted by molar-refractivity contribution is -0.137. The van der Waals surface area contributed by atoms with Crippen LogP contribution in [0.2, 0.25) is 0 Å². The molecule has 0 N–H and O–H groups in total. The van der Waals surface area contributed by atoms with Crippen molar-refractivity contribution < 1.29 is 18.9 Å². The molecule has 114 valence electrons. The van der Waals surface area contributed by atoms with Gasteiger partial charge in [0.2, 0.25) is 5.79 Å². The first-order valence-electron chi connectivity index (χ1n) is 6.86. The van der Waals surface area contributed by atoms with E-state index < -0.39 is 5.79 Å². The molecule has 0 spiro atoms. The number of para-hydroxylation sites is 1. The second kappa shape index (κ2) is 6.78. The van der Waals surface area contributed by atoms with Gasteiger partial charge in [-0.05, 0) is 24.1 Å². The van der Waals surface area contributed by atoms with Gasteiger partial charge in [-0.3, -0.25) is 0 Å².